The first-order valence-corrected chi connectivity index (χ1v) is 3.43. The van der Waals surface area contributed by atoms with E-state index in [1.165, 1.54) is 10.6 Å². The molecule has 0 aromatic carbocycles. The third-order valence-corrected chi connectivity index (χ3v) is 1.74. The number of carboxylic acid groups (broad SMARTS) is 1. The Hall–Kier alpha value is -1.58. The molecular formula is C8H9NO3. The van der Waals surface area contributed by atoms with Crippen LogP contribution in [0, 0.1) is 6.92 Å². The molecule has 64 valence electrons. The summed E-state index contributed by atoms with van der Waals surface area (Å²) in [5, 5.41) is 8.65. The van der Waals surface area contributed by atoms with Crippen LogP contribution in [-0.4, -0.2) is 15.6 Å². The van der Waals surface area contributed by atoms with Crippen molar-refractivity contribution in [1.29, 1.82) is 0 Å². The number of carbonyl (C=O) groups is 1. The molecule has 0 fully saturated rings. The smallest absolute Gasteiger partial charge is 0.352 e. The van der Waals surface area contributed by atoms with E-state index < -0.39 is 5.97 Å². The van der Waals surface area contributed by atoms with Crippen LogP contribution in [0.4, 0.5) is 0 Å². The van der Waals surface area contributed by atoms with Gasteiger partial charge in [0.05, 0.1) is 0 Å². The molecule has 12 heavy (non-hydrogen) atoms. The molecule has 0 saturated carbocycles. The van der Waals surface area contributed by atoms with Crippen LogP contribution >= 0.6 is 0 Å². The van der Waals surface area contributed by atoms with Gasteiger partial charge in [0.15, 0.2) is 5.43 Å². The van der Waals surface area contributed by atoms with E-state index in [1.807, 2.05) is 0 Å². The van der Waals surface area contributed by atoms with Crippen molar-refractivity contribution in [2.45, 2.75) is 6.92 Å². The number of hydrogen-bond acceptors (Lipinski definition) is 2. The van der Waals surface area contributed by atoms with Crippen LogP contribution in [0.5, 0.6) is 0 Å². The van der Waals surface area contributed by atoms with E-state index in [0.717, 1.165) is 6.07 Å². The highest BCUT2D eigenvalue weighted by atomic mass is 16.4. The average Bonchev–Trinajstić information content (AvgIpc) is 1.96. The predicted molar refractivity (Wildman–Crippen MR) is 43.4 cm³/mol. The van der Waals surface area contributed by atoms with Crippen LogP contribution in [-0.2, 0) is 7.05 Å². The van der Waals surface area contributed by atoms with Gasteiger partial charge in [0.2, 0.25) is 0 Å². The molecule has 0 unspecified atom stereocenters. The number of aromatic carboxylic acids is 1. The fourth-order valence-electron chi connectivity index (χ4n) is 0.971. The van der Waals surface area contributed by atoms with Gasteiger partial charge in [-0.25, -0.2) is 4.79 Å². The van der Waals surface area contributed by atoms with Gasteiger partial charge in [-0.15, -0.1) is 0 Å². The monoisotopic (exact) mass is 167 g/mol. The van der Waals surface area contributed by atoms with Crippen molar-refractivity contribution in [3.05, 3.63) is 33.7 Å². The highest BCUT2D eigenvalue weighted by molar-refractivity contribution is 5.85. The Balaban J connectivity index is 3.48. The molecule has 0 bridgehead atoms. The summed E-state index contributed by atoms with van der Waals surface area (Å²) in [5.74, 6) is -1.08. The van der Waals surface area contributed by atoms with Crippen LogP contribution in [0.25, 0.3) is 0 Å². The van der Waals surface area contributed by atoms with Gasteiger partial charge in [0, 0.05) is 24.9 Å². The molecule has 1 heterocycles. The zero-order valence-corrected chi connectivity index (χ0v) is 6.87. The van der Waals surface area contributed by atoms with Gasteiger partial charge in [-0.2, -0.15) is 0 Å². The number of hydrogen-bond donors (Lipinski definition) is 1. The van der Waals surface area contributed by atoms with E-state index in [0.29, 0.717) is 5.69 Å². The maximum absolute atomic E-state index is 10.9. The average molecular weight is 167 g/mol. The summed E-state index contributed by atoms with van der Waals surface area (Å²) < 4.78 is 1.46. The number of rotatable bonds is 1. The molecule has 0 spiro atoms. The first-order chi connectivity index (χ1) is 5.52. The molecule has 0 amide bonds. The molecule has 0 aliphatic carbocycles. The first kappa shape index (κ1) is 8.52. The minimum Gasteiger partial charge on any atom is -0.477 e. The fraction of sp³-hybridized carbons (Fsp3) is 0.250. The van der Waals surface area contributed by atoms with Gasteiger partial charge >= 0.3 is 5.97 Å². The SMILES string of the molecule is Cc1cc(=O)cc(C(=O)O)n1C. The van der Waals surface area contributed by atoms with Crippen molar-refractivity contribution in [2.24, 2.45) is 7.05 Å². The molecule has 0 saturated heterocycles. The summed E-state index contributed by atoms with van der Waals surface area (Å²) >= 11 is 0. The van der Waals surface area contributed by atoms with E-state index >= 15 is 0 Å². The van der Waals surface area contributed by atoms with Crippen molar-refractivity contribution in [3.63, 3.8) is 0 Å². The lowest BCUT2D eigenvalue weighted by atomic mass is 10.3. The second-order valence-electron chi connectivity index (χ2n) is 2.58. The normalized spacial score (nSPS) is 9.83. The van der Waals surface area contributed by atoms with Gasteiger partial charge in [0.25, 0.3) is 0 Å². The summed E-state index contributed by atoms with van der Waals surface area (Å²) in [6, 6.07) is 2.50. The second kappa shape index (κ2) is 2.81. The third-order valence-electron chi connectivity index (χ3n) is 1.74. The third kappa shape index (κ3) is 1.37. The molecule has 1 aromatic heterocycles. The second-order valence-corrected chi connectivity index (χ2v) is 2.58. The van der Waals surface area contributed by atoms with E-state index in [9.17, 15) is 9.59 Å². The molecule has 4 nitrogen and oxygen atoms in total. The molecule has 4 heteroatoms. The van der Waals surface area contributed by atoms with Crippen molar-refractivity contribution in [3.8, 4) is 0 Å². The van der Waals surface area contributed by atoms with E-state index in [1.54, 1.807) is 14.0 Å². The van der Waals surface area contributed by atoms with E-state index in [2.05, 4.69) is 0 Å². The van der Waals surface area contributed by atoms with Crippen LogP contribution in [0.2, 0.25) is 0 Å². The van der Waals surface area contributed by atoms with E-state index in [-0.39, 0.29) is 11.1 Å². The zero-order chi connectivity index (χ0) is 9.30. The lowest BCUT2D eigenvalue weighted by Crippen LogP contribution is -2.16. The lowest BCUT2D eigenvalue weighted by molar-refractivity contribution is 0.0685. The van der Waals surface area contributed by atoms with Crippen molar-refractivity contribution < 1.29 is 9.90 Å². The predicted octanol–water partition coefficient (Wildman–Crippen LogP) is 0.392. The van der Waals surface area contributed by atoms with Crippen LogP contribution in [0.15, 0.2) is 16.9 Å². The maximum Gasteiger partial charge on any atom is 0.352 e. The Bertz CT molecular complexity index is 378. The number of aryl methyl sites for hydroxylation is 1. The minimum atomic E-state index is -1.08. The summed E-state index contributed by atoms with van der Waals surface area (Å²) in [6.07, 6.45) is 0. The van der Waals surface area contributed by atoms with E-state index in [4.69, 9.17) is 5.11 Å². The molecule has 1 rings (SSSR count). The van der Waals surface area contributed by atoms with Crippen LogP contribution in [0.3, 0.4) is 0 Å². The largest absolute Gasteiger partial charge is 0.477 e. The van der Waals surface area contributed by atoms with Crippen LogP contribution in [0.1, 0.15) is 16.2 Å². The summed E-state index contributed by atoms with van der Waals surface area (Å²) in [4.78, 5) is 21.5. The topological polar surface area (TPSA) is 59.3 Å². The van der Waals surface area contributed by atoms with Gasteiger partial charge in [-0.05, 0) is 6.92 Å². The minimum absolute atomic E-state index is 0.0139. The van der Waals surface area contributed by atoms with Gasteiger partial charge < -0.3 is 9.67 Å². The summed E-state index contributed by atoms with van der Waals surface area (Å²) in [7, 11) is 1.61. The molecule has 0 aliphatic rings. The molecule has 1 N–H and O–H groups in total. The Kier molecular flexibility index (Phi) is 1.99. The van der Waals surface area contributed by atoms with Gasteiger partial charge in [0.1, 0.15) is 5.69 Å². The summed E-state index contributed by atoms with van der Waals surface area (Å²) in [5.41, 5.74) is 0.378. The molecular weight excluding hydrogens is 158 g/mol. The number of carboxylic acids is 1. The Morgan fingerprint density at radius 1 is 1.50 bits per heavy atom. The number of aromatic nitrogens is 1. The standard InChI is InChI=1S/C8H9NO3/c1-5-3-6(10)4-7(8(11)12)9(5)2/h3-4H,1-2H3,(H,11,12). The molecule has 1 aromatic rings. The summed E-state index contributed by atoms with van der Waals surface area (Å²) in [6.45, 7) is 1.69. The first-order valence-electron chi connectivity index (χ1n) is 3.43. The number of nitrogens with zero attached hydrogens (tertiary/aromatic N) is 1. The Morgan fingerprint density at radius 3 is 2.58 bits per heavy atom. The molecule has 0 aliphatic heterocycles. The lowest BCUT2D eigenvalue weighted by Gasteiger charge is -2.06. The highest BCUT2D eigenvalue weighted by Crippen LogP contribution is 1.98. The van der Waals surface area contributed by atoms with Crippen molar-refractivity contribution >= 4 is 5.97 Å². The van der Waals surface area contributed by atoms with Crippen molar-refractivity contribution in [2.75, 3.05) is 0 Å². The quantitative estimate of drug-likeness (QED) is 0.658. The molecule has 0 atom stereocenters. The van der Waals surface area contributed by atoms with Gasteiger partial charge in [-0.3, -0.25) is 4.79 Å². The Morgan fingerprint density at radius 2 is 2.08 bits per heavy atom. The number of pyridine rings is 1. The fourth-order valence-corrected chi connectivity index (χ4v) is 0.971. The zero-order valence-electron chi connectivity index (χ0n) is 6.87. The maximum atomic E-state index is 10.9. The van der Waals surface area contributed by atoms with Crippen molar-refractivity contribution in [1.82, 2.24) is 4.57 Å². The molecule has 0 radical (unpaired) electrons. The van der Waals surface area contributed by atoms with Gasteiger partial charge in [-0.1, -0.05) is 0 Å². The Labute approximate surface area is 69.1 Å². The van der Waals surface area contributed by atoms with Crippen LogP contribution < -0.4 is 5.43 Å². The highest BCUT2D eigenvalue weighted by Gasteiger charge is 2.07.